The van der Waals surface area contributed by atoms with E-state index in [1.807, 2.05) is 20.8 Å². The number of hydrogen-bond donors (Lipinski definition) is 1. The van der Waals surface area contributed by atoms with Crippen molar-refractivity contribution in [3.05, 3.63) is 29.6 Å². The maximum absolute atomic E-state index is 13.1. The van der Waals surface area contributed by atoms with Crippen LogP contribution in [0.4, 0.5) is 4.39 Å². The van der Waals surface area contributed by atoms with Gasteiger partial charge in [0.15, 0.2) is 0 Å². The largest absolute Gasteiger partial charge is 0.494 e. The molecule has 0 heterocycles. The SMILES string of the molecule is Cc1cc(OCCCCC(C)(C#N)NC(C)C)ccc1F. The molecule has 1 rings (SSSR count). The van der Waals surface area contributed by atoms with Crippen molar-refractivity contribution < 1.29 is 9.13 Å². The smallest absolute Gasteiger partial charge is 0.126 e. The molecule has 1 N–H and O–H groups in total. The molecule has 1 unspecified atom stereocenters. The van der Waals surface area contributed by atoms with Gasteiger partial charge in [0.05, 0.1) is 12.7 Å². The van der Waals surface area contributed by atoms with Crippen molar-refractivity contribution in [3.8, 4) is 11.8 Å². The van der Waals surface area contributed by atoms with E-state index in [0.29, 0.717) is 17.9 Å². The first-order chi connectivity index (χ1) is 9.86. The summed E-state index contributed by atoms with van der Waals surface area (Å²) in [7, 11) is 0. The lowest BCUT2D eigenvalue weighted by molar-refractivity contribution is 0.291. The van der Waals surface area contributed by atoms with Gasteiger partial charge in [-0.05, 0) is 70.7 Å². The maximum Gasteiger partial charge on any atom is 0.126 e. The van der Waals surface area contributed by atoms with Crippen LogP contribution in [0.25, 0.3) is 0 Å². The zero-order chi connectivity index (χ0) is 15.9. The summed E-state index contributed by atoms with van der Waals surface area (Å²) in [6.07, 6.45) is 2.56. The van der Waals surface area contributed by atoms with Gasteiger partial charge in [-0.2, -0.15) is 5.26 Å². The van der Waals surface area contributed by atoms with Gasteiger partial charge in [-0.1, -0.05) is 0 Å². The lowest BCUT2D eigenvalue weighted by Crippen LogP contribution is -2.44. The van der Waals surface area contributed by atoms with Crippen molar-refractivity contribution in [1.82, 2.24) is 5.32 Å². The monoisotopic (exact) mass is 292 g/mol. The predicted molar refractivity (Wildman–Crippen MR) is 82.8 cm³/mol. The van der Waals surface area contributed by atoms with E-state index in [9.17, 15) is 9.65 Å². The number of nitrogens with one attached hydrogen (secondary N) is 1. The Morgan fingerprint density at radius 2 is 2.10 bits per heavy atom. The van der Waals surface area contributed by atoms with Crippen molar-refractivity contribution in [3.63, 3.8) is 0 Å². The van der Waals surface area contributed by atoms with Gasteiger partial charge in [-0.25, -0.2) is 4.39 Å². The summed E-state index contributed by atoms with van der Waals surface area (Å²) in [5.41, 5.74) is 0.103. The molecular weight excluding hydrogens is 267 g/mol. The van der Waals surface area contributed by atoms with E-state index in [1.54, 1.807) is 19.1 Å². The van der Waals surface area contributed by atoms with E-state index >= 15 is 0 Å². The molecule has 0 bridgehead atoms. The van der Waals surface area contributed by atoms with Crippen LogP contribution in [-0.4, -0.2) is 18.2 Å². The number of unbranched alkanes of at least 4 members (excludes halogenated alkanes) is 1. The Morgan fingerprint density at radius 1 is 1.38 bits per heavy atom. The zero-order valence-electron chi connectivity index (χ0n) is 13.4. The molecule has 0 aliphatic carbocycles. The van der Waals surface area contributed by atoms with E-state index in [-0.39, 0.29) is 11.9 Å². The van der Waals surface area contributed by atoms with Crippen molar-refractivity contribution in [2.75, 3.05) is 6.61 Å². The Kier molecular flexibility index (Phi) is 6.64. The molecule has 1 aromatic rings. The van der Waals surface area contributed by atoms with Gasteiger partial charge >= 0.3 is 0 Å². The average Bonchev–Trinajstić information content (AvgIpc) is 2.41. The molecule has 21 heavy (non-hydrogen) atoms. The lowest BCUT2D eigenvalue weighted by Gasteiger charge is -2.25. The number of hydrogen-bond acceptors (Lipinski definition) is 3. The first kappa shape index (κ1) is 17.5. The van der Waals surface area contributed by atoms with Gasteiger partial charge in [0.25, 0.3) is 0 Å². The molecule has 0 aliphatic rings. The van der Waals surface area contributed by atoms with E-state index in [0.717, 1.165) is 19.3 Å². The van der Waals surface area contributed by atoms with Crippen molar-refractivity contribution >= 4 is 0 Å². The molecule has 3 nitrogen and oxygen atoms in total. The van der Waals surface area contributed by atoms with Crippen LogP contribution in [0.1, 0.15) is 45.6 Å². The van der Waals surface area contributed by atoms with E-state index < -0.39 is 5.54 Å². The van der Waals surface area contributed by atoms with Crippen molar-refractivity contribution in [1.29, 1.82) is 5.26 Å². The van der Waals surface area contributed by atoms with Crippen LogP contribution in [0.2, 0.25) is 0 Å². The van der Waals surface area contributed by atoms with Crippen molar-refractivity contribution in [2.45, 2.75) is 58.5 Å². The molecule has 0 aromatic heterocycles. The third-order valence-electron chi connectivity index (χ3n) is 3.32. The number of nitrogens with zero attached hydrogens (tertiary/aromatic N) is 1. The number of rotatable bonds is 8. The van der Waals surface area contributed by atoms with Crippen LogP contribution in [0.15, 0.2) is 18.2 Å². The summed E-state index contributed by atoms with van der Waals surface area (Å²) in [5.74, 6) is 0.476. The standard InChI is InChI=1S/C17H25FN2O/c1-13(2)20-17(4,12-19)9-5-6-10-21-15-7-8-16(18)14(3)11-15/h7-8,11,13,20H,5-6,9-10H2,1-4H3. The molecule has 0 saturated carbocycles. The Bertz CT molecular complexity index is 496. The van der Waals surface area contributed by atoms with Gasteiger partial charge in [0.1, 0.15) is 17.1 Å². The minimum absolute atomic E-state index is 0.216. The van der Waals surface area contributed by atoms with Crippen LogP contribution in [-0.2, 0) is 0 Å². The molecule has 0 radical (unpaired) electrons. The van der Waals surface area contributed by atoms with Gasteiger partial charge in [0, 0.05) is 6.04 Å². The quantitative estimate of drug-likeness (QED) is 0.738. The molecule has 0 fully saturated rings. The Balaban J connectivity index is 2.31. The first-order valence-corrected chi connectivity index (χ1v) is 7.44. The molecule has 0 saturated heterocycles. The van der Waals surface area contributed by atoms with Gasteiger partial charge in [0.2, 0.25) is 0 Å². The third-order valence-corrected chi connectivity index (χ3v) is 3.32. The second kappa shape index (κ2) is 7.99. The fourth-order valence-electron chi connectivity index (χ4n) is 2.28. The fraction of sp³-hybridized carbons (Fsp3) is 0.588. The molecular formula is C17H25FN2O. The van der Waals surface area contributed by atoms with Crippen LogP contribution < -0.4 is 10.1 Å². The summed E-state index contributed by atoms with van der Waals surface area (Å²) in [5, 5.41) is 12.5. The fourth-order valence-corrected chi connectivity index (χ4v) is 2.28. The number of aryl methyl sites for hydroxylation is 1. The van der Waals surface area contributed by atoms with E-state index in [1.165, 1.54) is 6.07 Å². The normalized spacial score (nSPS) is 13.8. The number of benzene rings is 1. The minimum atomic E-state index is -0.485. The lowest BCUT2D eigenvalue weighted by atomic mass is 9.96. The molecule has 0 spiro atoms. The van der Waals surface area contributed by atoms with Gasteiger partial charge < -0.3 is 4.74 Å². The number of nitriles is 1. The predicted octanol–water partition coefficient (Wildman–Crippen LogP) is 3.96. The van der Waals surface area contributed by atoms with E-state index in [4.69, 9.17) is 4.74 Å². The maximum atomic E-state index is 13.1. The van der Waals surface area contributed by atoms with Crippen molar-refractivity contribution in [2.24, 2.45) is 0 Å². The van der Waals surface area contributed by atoms with Crippen LogP contribution in [0.5, 0.6) is 5.75 Å². The van der Waals surface area contributed by atoms with Crippen LogP contribution in [0, 0.1) is 24.1 Å². The molecule has 4 heteroatoms. The molecule has 0 aliphatic heterocycles. The van der Waals surface area contributed by atoms with Gasteiger partial charge in [-0.3, -0.25) is 5.32 Å². The average molecular weight is 292 g/mol. The molecule has 116 valence electrons. The number of ether oxygens (including phenoxy) is 1. The summed E-state index contributed by atoms with van der Waals surface area (Å²) >= 11 is 0. The molecule has 1 aromatic carbocycles. The summed E-state index contributed by atoms with van der Waals surface area (Å²) < 4.78 is 18.7. The minimum Gasteiger partial charge on any atom is -0.494 e. The first-order valence-electron chi connectivity index (χ1n) is 7.44. The topological polar surface area (TPSA) is 45.0 Å². The second-order valence-electron chi connectivity index (χ2n) is 5.96. The summed E-state index contributed by atoms with van der Waals surface area (Å²) in [4.78, 5) is 0. The number of halogens is 1. The highest BCUT2D eigenvalue weighted by Gasteiger charge is 2.23. The molecule has 0 amide bonds. The second-order valence-corrected chi connectivity index (χ2v) is 5.96. The zero-order valence-corrected chi connectivity index (χ0v) is 13.4. The highest BCUT2D eigenvalue weighted by atomic mass is 19.1. The highest BCUT2D eigenvalue weighted by Crippen LogP contribution is 2.17. The molecule has 1 atom stereocenters. The summed E-state index contributed by atoms with van der Waals surface area (Å²) in [6.45, 7) is 8.30. The van der Waals surface area contributed by atoms with Gasteiger partial charge in [-0.15, -0.1) is 0 Å². The highest BCUT2D eigenvalue weighted by molar-refractivity contribution is 5.28. The summed E-state index contributed by atoms with van der Waals surface area (Å²) in [6, 6.07) is 7.39. The Morgan fingerprint density at radius 3 is 2.67 bits per heavy atom. The Labute approximate surface area is 127 Å². The van der Waals surface area contributed by atoms with E-state index in [2.05, 4.69) is 11.4 Å². The Hall–Kier alpha value is -1.60. The van der Waals surface area contributed by atoms with Crippen LogP contribution >= 0.6 is 0 Å². The third kappa shape index (κ3) is 6.14. The van der Waals surface area contributed by atoms with Crippen LogP contribution in [0.3, 0.4) is 0 Å².